The number of thioether (sulfide) groups is 1. The third-order valence-electron chi connectivity index (χ3n) is 4.45. The Morgan fingerprint density at radius 2 is 1.67 bits per heavy atom. The SMILES string of the molecule is Cc1cc(/C=N\NC(=O)[C@H](C)Sc2ccc(Cl)cc2)c(C)n1-c1cc(Cl)cc(Cl)c1. The Morgan fingerprint density at radius 3 is 2.30 bits per heavy atom. The van der Waals surface area contributed by atoms with Crippen molar-refractivity contribution >= 4 is 58.7 Å². The molecule has 3 aromatic rings. The number of carbonyl (C=O) groups excluding carboxylic acids is 1. The normalized spacial score (nSPS) is 12.3. The van der Waals surface area contributed by atoms with E-state index in [2.05, 4.69) is 10.5 Å². The third kappa shape index (κ3) is 5.61. The molecule has 4 nitrogen and oxygen atoms in total. The van der Waals surface area contributed by atoms with E-state index in [9.17, 15) is 4.79 Å². The number of amides is 1. The predicted octanol–water partition coefficient (Wildman–Crippen LogP) is 6.69. The second-order valence-corrected chi connectivity index (χ2v) is 9.46. The van der Waals surface area contributed by atoms with Gasteiger partial charge in [-0.2, -0.15) is 5.10 Å². The number of halogens is 3. The Bertz CT molecular complexity index is 1070. The molecule has 0 aliphatic rings. The lowest BCUT2D eigenvalue weighted by atomic mass is 10.2. The molecule has 1 heterocycles. The molecule has 0 bridgehead atoms. The minimum Gasteiger partial charge on any atom is -0.318 e. The summed E-state index contributed by atoms with van der Waals surface area (Å²) >= 11 is 19.6. The van der Waals surface area contributed by atoms with Gasteiger partial charge in [0.25, 0.3) is 5.91 Å². The topological polar surface area (TPSA) is 46.4 Å². The number of hydrogen-bond acceptors (Lipinski definition) is 3. The zero-order valence-electron chi connectivity index (χ0n) is 16.6. The Labute approximate surface area is 195 Å². The van der Waals surface area contributed by atoms with Crippen molar-refractivity contribution in [1.82, 2.24) is 9.99 Å². The maximum absolute atomic E-state index is 12.4. The number of rotatable bonds is 6. The summed E-state index contributed by atoms with van der Waals surface area (Å²) in [5.41, 5.74) is 6.34. The first-order valence-electron chi connectivity index (χ1n) is 9.15. The average molecular weight is 481 g/mol. The van der Waals surface area contributed by atoms with Crippen LogP contribution in [0.4, 0.5) is 0 Å². The van der Waals surface area contributed by atoms with Crippen molar-refractivity contribution in [2.24, 2.45) is 5.10 Å². The number of hydrogen-bond donors (Lipinski definition) is 1. The predicted molar refractivity (Wildman–Crippen MR) is 128 cm³/mol. The van der Waals surface area contributed by atoms with Gasteiger partial charge in [0.2, 0.25) is 0 Å². The van der Waals surface area contributed by atoms with E-state index in [-0.39, 0.29) is 11.2 Å². The van der Waals surface area contributed by atoms with E-state index in [0.29, 0.717) is 15.1 Å². The van der Waals surface area contributed by atoms with Gasteiger partial charge < -0.3 is 4.57 Å². The van der Waals surface area contributed by atoms with Crippen LogP contribution < -0.4 is 5.43 Å². The summed E-state index contributed by atoms with van der Waals surface area (Å²) in [7, 11) is 0. The van der Waals surface area contributed by atoms with Crippen LogP contribution in [0.2, 0.25) is 15.1 Å². The summed E-state index contributed by atoms with van der Waals surface area (Å²) in [5, 5.41) is 5.64. The van der Waals surface area contributed by atoms with E-state index in [1.807, 2.05) is 55.7 Å². The summed E-state index contributed by atoms with van der Waals surface area (Å²) in [5.74, 6) is -0.179. The molecule has 1 aromatic heterocycles. The van der Waals surface area contributed by atoms with E-state index in [1.165, 1.54) is 11.8 Å². The van der Waals surface area contributed by atoms with Gasteiger partial charge in [-0.15, -0.1) is 11.8 Å². The molecule has 0 fully saturated rings. The van der Waals surface area contributed by atoms with Crippen LogP contribution in [0.15, 0.2) is 58.5 Å². The first kappa shape index (κ1) is 22.8. The summed E-state index contributed by atoms with van der Waals surface area (Å²) in [6, 6.07) is 14.8. The molecule has 1 N–H and O–H groups in total. The fraction of sp³-hybridized carbons (Fsp3) is 0.182. The van der Waals surface area contributed by atoms with Crippen LogP contribution in [-0.4, -0.2) is 21.9 Å². The minimum atomic E-state index is -0.302. The fourth-order valence-electron chi connectivity index (χ4n) is 3.01. The number of hydrazone groups is 1. The maximum Gasteiger partial charge on any atom is 0.253 e. The zero-order chi connectivity index (χ0) is 21.8. The largest absolute Gasteiger partial charge is 0.318 e. The lowest BCUT2D eigenvalue weighted by molar-refractivity contribution is -0.120. The molecule has 0 radical (unpaired) electrons. The first-order valence-corrected chi connectivity index (χ1v) is 11.2. The van der Waals surface area contributed by atoms with Crippen molar-refractivity contribution in [3.63, 3.8) is 0 Å². The second kappa shape index (κ2) is 9.92. The van der Waals surface area contributed by atoms with Crippen LogP contribution in [-0.2, 0) is 4.79 Å². The van der Waals surface area contributed by atoms with Crippen LogP contribution in [0, 0.1) is 13.8 Å². The Hall–Kier alpha value is -1.92. The highest BCUT2D eigenvalue weighted by molar-refractivity contribution is 8.00. The molecule has 3 rings (SSSR count). The lowest BCUT2D eigenvalue weighted by Crippen LogP contribution is -2.26. The highest BCUT2D eigenvalue weighted by atomic mass is 35.5. The number of nitrogens with one attached hydrogen (secondary N) is 1. The molecule has 0 unspecified atom stereocenters. The van der Waals surface area contributed by atoms with E-state index in [4.69, 9.17) is 34.8 Å². The van der Waals surface area contributed by atoms with Crippen molar-refractivity contribution in [3.05, 3.63) is 80.6 Å². The molecule has 0 aliphatic heterocycles. The number of carbonyl (C=O) groups is 1. The summed E-state index contributed by atoms with van der Waals surface area (Å²) in [6.45, 7) is 5.80. The molecule has 2 aromatic carbocycles. The van der Waals surface area contributed by atoms with Gasteiger partial charge >= 0.3 is 0 Å². The van der Waals surface area contributed by atoms with Gasteiger partial charge in [-0.3, -0.25) is 4.79 Å². The Morgan fingerprint density at radius 1 is 1.03 bits per heavy atom. The standard InChI is InChI=1S/C22H20Cl3N3OS/c1-13-8-16(14(2)28(13)20-10-18(24)9-19(25)11-20)12-26-27-22(29)15(3)30-21-6-4-17(23)5-7-21/h4-12,15H,1-3H3,(H,27,29)/b26-12-/t15-/m0/s1. The third-order valence-corrected chi connectivity index (χ3v) is 6.25. The van der Waals surface area contributed by atoms with Gasteiger partial charge in [-0.1, -0.05) is 34.8 Å². The number of aryl methyl sites for hydroxylation is 1. The summed E-state index contributed by atoms with van der Waals surface area (Å²) < 4.78 is 2.04. The van der Waals surface area contributed by atoms with Crippen molar-refractivity contribution in [2.45, 2.75) is 30.9 Å². The molecular formula is C22H20Cl3N3OS. The van der Waals surface area contributed by atoms with Crippen molar-refractivity contribution < 1.29 is 4.79 Å². The highest BCUT2D eigenvalue weighted by Gasteiger charge is 2.14. The number of nitrogens with zero attached hydrogens (tertiary/aromatic N) is 2. The van der Waals surface area contributed by atoms with Crippen LogP contribution in [0.1, 0.15) is 23.9 Å². The molecule has 30 heavy (non-hydrogen) atoms. The maximum atomic E-state index is 12.4. The Balaban J connectivity index is 1.69. The van der Waals surface area contributed by atoms with Crippen LogP contribution >= 0.6 is 46.6 Å². The van der Waals surface area contributed by atoms with Crippen LogP contribution in [0.5, 0.6) is 0 Å². The molecule has 0 spiro atoms. The van der Waals surface area contributed by atoms with Gasteiger partial charge in [-0.05, 0) is 69.3 Å². The highest BCUT2D eigenvalue weighted by Crippen LogP contribution is 2.26. The zero-order valence-corrected chi connectivity index (χ0v) is 19.7. The molecular weight excluding hydrogens is 461 g/mol. The van der Waals surface area contributed by atoms with E-state index in [0.717, 1.165) is 27.5 Å². The summed E-state index contributed by atoms with van der Waals surface area (Å²) in [4.78, 5) is 13.3. The molecule has 1 atom stereocenters. The van der Waals surface area contributed by atoms with Gasteiger partial charge in [0.15, 0.2) is 0 Å². The van der Waals surface area contributed by atoms with Crippen molar-refractivity contribution in [1.29, 1.82) is 0 Å². The van der Waals surface area contributed by atoms with Gasteiger partial charge in [-0.25, -0.2) is 5.43 Å². The molecule has 156 valence electrons. The average Bonchev–Trinajstić information content (AvgIpc) is 2.96. The Kier molecular flexibility index (Phi) is 7.53. The van der Waals surface area contributed by atoms with Crippen molar-refractivity contribution in [3.8, 4) is 5.69 Å². The monoisotopic (exact) mass is 479 g/mol. The molecule has 1 amide bonds. The quantitative estimate of drug-likeness (QED) is 0.243. The minimum absolute atomic E-state index is 0.179. The van der Waals surface area contributed by atoms with E-state index >= 15 is 0 Å². The fourth-order valence-corrected chi connectivity index (χ4v) is 4.51. The molecule has 8 heteroatoms. The van der Waals surface area contributed by atoms with E-state index < -0.39 is 0 Å². The van der Waals surface area contributed by atoms with Crippen LogP contribution in [0.3, 0.4) is 0 Å². The summed E-state index contributed by atoms with van der Waals surface area (Å²) in [6.07, 6.45) is 1.64. The lowest BCUT2D eigenvalue weighted by Gasteiger charge is -2.11. The van der Waals surface area contributed by atoms with Crippen molar-refractivity contribution in [2.75, 3.05) is 0 Å². The van der Waals surface area contributed by atoms with E-state index in [1.54, 1.807) is 24.4 Å². The molecule has 0 aliphatic carbocycles. The number of aromatic nitrogens is 1. The molecule has 0 saturated carbocycles. The first-order chi connectivity index (χ1) is 14.2. The smallest absolute Gasteiger partial charge is 0.253 e. The second-order valence-electron chi connectivity index (χ2n) is 6.74. The molecule has 0 saturated heterocycles. The van der Waals surface area contributed by atoms with Crippen LogP contribution in [0.25, 0.3) is 5.69 Å². The van der Waals surface area contributed by atoms with Gasteiger partial charge in [0.1, 0.15) is 0 Å². The van der Waals surface area contributed by atoms with Gasteiger partial charge in [0.05, 0.1) is 11.5 Å². The number of benzene rings is 2. The van der Waals surface area contributed by atoms with Gasteiger partial charge in [0, 0.05) is 42.6 Å².